The number of sulfonamides is 1. The van der Waals surface area contributed by atoms with Crippen molar-refractivity contribution in [2.24, 2.45) is 5.14 Å². The van der Waals surface area contributed by atoms with Crippen LogP contribution >= 0.6 is 0 Å². The molecular formula is C10H15N3O2S. The van der Waals surface area contributed by atoms with Gasteiger partial charge in [0.2, 0.25) is 10.0 Å². The summed E-state index contributed by atoms with van der Waals surface area (Å²) in [5.74, 6) is -0.0409. The first-order valence-corrected chi connectivity index (χ1v) is 6.82. The van der Waals surface area contributed by atoms with Crippen molar-refractivity contribution in [1.29, 1.82) is 0 Å². The highest BCUT2D eigenvalue weighted by Gasteiger charge is 2.21. The lowest BCUT2D eigenvalue weighted by atomic mass is 10.1. The average Bonchev–Trinajstić information content (AvgIpc) is 2.58. The minimum absolute atomic E-state index is 0.0409. The lowest BCUT2D eigenvalue weighted by Crippen LogP contribution is -2.30. The monoisotopic (exact) mass is 241 g/mol. The molecule has 4 N–H and O–H groups in total. The summed E-state index contributed by atoms with van der Waals surface area (Å²) in [6, 6.07) is 5.76. The number of nitrogen functional groups attached to an aromatic ring is 1. The number of hydrogen-bond acceptors (Lipinski definition) is 4. The van der Waals surface area contributed by atoms with Gasteiger partial charge in [0.15, 0.2) is 0 Å². The molecule has 0 fully saturated rings. The molecule has 0 saturated heterocycles. The Labute approximate surface area is 95.1 Å². The van der Waals surface area contributed by atoms with Crippen molar-refractivity contribution >= 4 is 21.4 Å². The molecule has 2 rings (SSSR count). The Kier molecular flexibility index (Phi) is 2.77. The fourth-order valence-electron chi connectivity index (χ4n) is 2.03. The second kappa shape index (κ2) is 3.95. The number of nitrogens with two attached hydrogens (primary N) is 2. The first kappa shape index (κ1) is 11.2. The highest BCUT2D eigenvalue weighted by Crippen LogP contribution is 2.33. The summed E-state index contributed by atoms with van der Waals surface area (Å²) >= 11 is 0. The zero-order valence-corrected chi connectivity index (χ0v) is 9.70. The van der Waals surface area contributed by atoms with Crippen LogP contribution in [0.2, 0.25) is 0 Å². The van der Waals surface area contributed by atoms with Gasteiger partial charge in [-0.05, 0) is 18.1 Å². The van der Waals surface area contributed by atoms with Crippen LogP contribution in [-0.4, -0.2) is 27.3 Å². The van der Waals surface area contributed by atoms with Gasteiger partial charge in [0.1, 0.15) is 0 Å². The van der Waals surface area contributed by atoms with Crippen molar-refractivity contribution in [3.8, 4) is 0 Å². The minimum Gasteiger partial charge on any atom is -0.397 e. The van der Waals surface area contributed by atoms with Gasteiger partial charge in [-0.25, -0.2) is 13.6 Å². The van der Waals surface area contributed by atoms with Crippen LogP contribution in [0.25, 0.3) is 0 Å². The topological polar surface area (TPSA) is 89.4 Å². The van der Waals surface area contributed by atoms with Crippen LogP contribution in [0.1, 0.15) is 5.56 Å². The van der Waals surface area contributed by atoms with E-state index in [0.717, 1.165) is 18.7 Å². The van der Waals surface area contributed by atoms with Crippen LogP contribution in [0.15, 0.2) is 18.2 Å². The maximum Gasteiger partial charge on any atom is 0.210 e. The van der Waals surface area contributed by atoms with Crippen molar-refractivity contribution in [3.05, 3.63) is 23.8 Å². The second-order valence-corrected chi connectivity index (χ2v) is 5.69. The lowest BCUT2D eigenvalue weighted by molar-refractivity contribution is 0.596. The largest absolute Gasteiger partial charge is 0.397 e. The molecule has 0 amide bonds. The summed E-state index contributed by atoms with van der Waals surface area (Å²) in [6.07, 6.45) is 0.908. The third-order valence-corrected chi connectivity index (χ3v) is 3.52. The van der Waals surface area contributed by atoms with Gasteiger partial charge in [-0.1, -0.05) is 12.1 Å². The average molecular weight is 241 g/mol. The molecule has 1 heterocycles. The molecule has 0 spiro atoms. The van der Waals surface area contributed by atoms with Gasteiger partial charge in [0.25, 0.3) is 0 Å². The Hall–Kier alpha value is -1.27. The van der Waals surface area contributed by atoms with Crippen LogP contribution in [0, 0.1) is 0 Å². The third-order valence-electron chi connectivity index (χ3n) is 2.76. The van der Waals surface area contributed by atoms with E-state index >= 15 is 0 Å². The van der Waals surface area contributed by atoms with Gasteiger partial charge >= 0.3 is 0 Å². The zero-order chi connectivity index (χ0) is 11.8. The molecule has 0 atom stereocenters. The van der Waals surface area contributed by atoms with E-state index in [-0.39, 0.29) is 5.75 Å². The fraction of sp³-hybridized carbons (Fsp3) is 0.400. The molecule has 1 aromatic rings. The summed E-state index contributed by atoms with van der Waals surface area (Å²) < 4.78 is 21.8. The second-order valence-electron chi connectivity index (χ2n) is 3.96. The summed E-state index contributed by atoms with van der Waals surface area (Å²) in [5.41, 5.74) is 8.72. The number of nitrogens with zero attached hydrogens (tertiary/aromatic N) is 1. The minimum atomic E-state index is -3.41. The van der Waals surface area contributed by atoms with Gasteiger partial charge < -0.3 is 10.6 Å². The lowest BCUT2D eigenvalue weighted by Gasteiger charge is -2.20. The van der Waals surface area contributed by atoms with Crippen molar-refractivity contribution in [2.45, 2.75) is 6.42 Å². The van der Waals surface area contributed by atoms with Gasteiger partial charge in [-0.2, -0.15) is 0 Å². The standard InChI is InChI=1S/C10H15N3O2S/c11-9-3-1-2-8-4-5-13(10(8)9)6-7-16(12,14)15/h1-3H,4-7,11H2,(H2,12,14,15). The molecule has 16 heavy (non-hydrogen) atoms. The molecule has 0 saturated carbocycles. The van der Waals surface area contributed by atoms with Crippen molar-refractivity contribution in [1.82, 2.24) is 0 Å². The maximum atomic E-state index is 10.9. The number of para-hydroxylation sites is 1. The van der Waals surface area contributed by atoms with Crippen LogP contribution in [0.4, 0.5) is 11.4 Å². The number of anilines is 2. The first-order valence-electron chi connectivity index (χ1n) is 5.10. The SMILES string of the molecule is Nc1cccc2c1N(CCS(N)(=O)=O)CC2. The predicted molar refractivity (Wildman–Crippen MR) is 64.7 cm³/mol. The predicted octanol–water partition coefficient (Wildman–Crippen LogP) is -0.0802. The van der Waals surface area contributed by atoms with Crippen molar-refractivity contribution < 1.29 is 8.42 Å². The molecule has 1 aromatic carbocycles. The van der Waals surface area contributed by atoms with Crippen molar-refractivity contribution in [2.75, 3.05) is 29.5 Å². The number of rotatable bonds is 3. The summed E-state index contributed by atoms with van der Waals surface area (Å²) in [4.78, 5) is 1.98. The van der Waals surface area contributed by atoms with E-state index in [1.807, 2.05) is 23.1 Å². The van der Waals surface area contributed by atoms with Crippen LogP contribution in [0.5, 0.6) is 0 Å². The summed E-state index contributed by atoms with van der Waals surface area (Å²) in [6.45, 7) is 1.21. The smallest absolute Gasteiger partial charge is 0.210 e. The molecule has 0 aliphatic carbocycles. The normalized spacial score (nSPS) is 15.2. The van der Waals surface area contributed by atoms with Gasteiger partial charge in [-0.15, -0.1) is 0 Å². The van der Waals surface area contributed by atoms with E-state index in [1.54, 1.807) is 0 Å². The number of fused-ring (bicyclic) bond motifs is 1. The zero-order valence-electron chi connectivity index (χ0n) is 8.89. The molecule has 0 radical (unpaired) electrons. The molecule has 1 aliphatic heterocycles. The molecule has 88 valence electrons. The molecular weight excluding hydrogens is 226 g/mol. The van der Waals surface area contributed by atoms with E-state index in [0.29, 0.717) is 12.2 Å². The molecule has 6 heteroatoms. The van der Waals surface area contributed by atoms with Gasteiger partial charge in [0.05, 0.1) is 17.1 Å². The molecule has 1 aliphatic rings. The fourth-order valence-corrected chi connectivity index (χ4v) is 2.50. The quantitative estimate of drug-likeness (QED) is 0.724. The number of hydrogen-bond donors (Lipinski definition) is 2. The van der Waals surface area contributed by atoms with Crippen LogP contribution in [-0.2, 0) is 16.4 Å². The Morgan fingerprint density at radius 1 is 1.38 bits per heavy atom. The number of primary sulfonamides is 1. The van der Waals surface area contributed by atoms with Crippen LogP contribution < -0.4 is 15.8 Å². The summed E-state index contributed by atoms with van der Waals surface area (Å²) in [7, 11) is -3.41. The Balaban J connectivity index is 2.18. The van der Waals surface area contributed by atoms with E-state index in [1.165, 1.54) is 5.56 Å². The maximum absolute atomic E-state index is 10.9. The van der Waals surface area contributed by atoms with E-state index in [9.17, 15) is 8.42 Å². The summed E-state index contributed by atoms with van der Waals surface area (Å²) in [5, 5.41) is 4.99. The van der Waals surface area contributed by atoms with Crippen molar-refractivity contribution in [3.63, 3.8) is 0 Å². The molecule has 0 bridgehead atoms. The molecule has 0 aromatic heterocycles. The van der Waals surface area contributed by atoms with Gasteiger partial charge in [0, 0.05) is 13.1 Å². The Bertz CT molecular complexity index is 499. The highest BCUT2D eigenvalue weighted by molar-refractivity contribution is 7.89. The van der Waals surface area contributed by atoms with E-state index in [4.69, 9.17) is 10.9 Å². The van der Waals surface area contributed by atoms with E-state index < -0.39 is 10.0 Å². The Morgan fingerprint density at radius 2 is 2.12 bits per heavy atom. The van der Waals surface area contributed by atoms with E-state index in [2.05, 4.69) is 0 Å². The number of benzene rings is 1. The molecule has 5 nitrogen and oxygen atoms in total. The van der Waals surface area contributed by atoms with Crippen LogP contribution in [0.3, 0.4) is 0 Å². The van der Waals surface area contributed by atoms with Gasteiger partial charge in [-0.3, -0.25) is 0 Å². The third kappa shape index (κ3) is 2.28. The highest BCUT2D eigenvalue weighted by atomic mass is 32.2. The first-order chi connectivity index (χ1) is 7.47. The Morgan fingerprint density at radius 3 is 2.81 bits per heavy atom. The molecule has 0 unspecified atom stereocenters.